The average molecular weight is 288 g/mol. The zero-order valence-corrected chi connectivity index (χ0v) is 12.1. The summed E-state index contributed by atoms with van der Waals surface area (Å²) in [5, 5.41) is 9.91. The number of benzene rings is 1. The van der Waals surface area contributed by atoms with Crippen LogP contribution >= 0.6 is 12.4 Å². The van der Waals surface area contributed by atoms with Crippen LogP contribution in [-0.4, -0.2) is 55.6 Å². The second-order valence-electron chi connectivity index (χ2n) is 4.69. The highest BCUT2D eigenvalue weighted by molar-refractivity contribution is 5.85. The standard InChI is InChI=1S/C14H21NO3.ClH/c1-12-2-4-14(5-3-12)18-11-13(16)10-15-6-8-17-9-7-15;/h2-5,13,16H,6-11H2,1H3;1H. The summed E-state index contributed by atoms with van der Waals surface area (Å²) in [5.41, 5.74) is 1.20. The lowest BCUT2D eigenvalue weighted by atomic mass is 10.2. The van der Waals surface area contributed by atoms with E-state index in [0.29, 0.717) is 13.2 Å². The summed E-state index contributed by atoms with van der Waals surface area (Å²) in [4.78, 5) is 2.20. The van der Waals surface area contributed by atoms with Crippen LogP contribution in [0.4, 0.5) is 0 Å². The summed E-state index contributed by atoms with van der Waals surface area (Å²) in [5.74, 6) is 0.807. The molecule has 108 valence electrons. The molecule has 4 nitrogen and oxygen atoms in total. The number of hydrogen-bond acceptors (Lipinski definition) is 4. The minimum atomic E-state index is -0.454. The maximum Gasteiger partial charge on any atom is 0.119 e. The molecule has 1 heterocycles. The number of morpholine rings is 1. The molecule has 1 N–H and O–H groups in total. The Kier molecular flexibility index (Phi) is 7.16. The Bertz CT molecular complexity index is 352. The van der Waals surface area contributed by atoms with Crippen LogP contribution in [-0.2, 0) is 4.74 Å². The molecule has 0 aromatic heterocycles. The van der Waals surface area contributed by atoms with Crippen molar-refractivity contribution in [3.05, 3.63) is 29.8 Å². The zero-order chi connectivity index (χ0) is 12.8. The van der Waals surface area contributed by atoms with E-state index in [0.717, 1.165) is 32.1 Å². The Labute approximate surface area is 120 Å². The molecule has 1 aliphatic rings. The van der Waals surface area contributed by atoms with Crippen molar-refractivity contribution in [3.8, 4) is 5.75 Å². The van der Waals surface area contributed by atoms with Crippen LogP contribution in [0, 0.1) is 6.92 Å². The van der Waals surface area contributed by atoms with Gasteiger partial charge in [-0.3, -0.25) is 4.90 Å². The van der Waals surface area contributed by atoms with Crippen molar-refractivity contribution in [1.82, 2.24) is 4.90 Å². The fraction of sp³-hybridized carbons (Fsp3) is 0.571. The number of aryl methyl sites for hydroxylation is 1. The molecule has 2 rings (SSSR count). The number of ether oxygens (including phenoxy) is 2. The van der Waals surface area contributed by atoms with Crippen LogP contribution in [0.15, 0.2) is 24.3 Å². The highest BCUT2D eigenvalue weighted by Crippen LogP contribution is 2.11. The van der Waals surface area contributed by atoms with Crippen LogP contribution in [0.5, 0.6) is 5.75 Å². The van der Waals surface area contributed by atoms with Gasteiger partial charge in [0.05, 0.1) is 13.2 Å². The van der Waals surface area contributed by atoms with Crippen molar-refractivity contribution in [1.29, 1.82) is 0 Å². The molecule has 1 aromatic rings. The predicted molar refractivity (Wildman–Crippen MR) is 77.2 cm³/mol. The van der Waals surface area contributed by atoms with E-state index in [4.69, 9.17) is 9.47 Å². The Hall–Kier alpha value is -0.810. The first-order chi connectivity index (χ1) is 8.74. The summed E-state index contributed by atoms with van der Waals surface area (Å²) < 4.78 is 10.8. The van der Waals surface area contributed by atoms with Crippen LogP contribution in [0.2, 0.25) is 0 Å². The normalized spacial score (nSPS) is 17.6. The number of nitrogens with zero attached hydrogens (tertiary/aromatic N) is 1. The molecular weight excluding hydrogens is 266 g/mol. The smallest absolute Gasteiger partial charge is 0.119 e. The second-order valence-corrected chi connectivity index (χ2v) is 4.69. The van der Waals surface area contributed by atoms with Gasteiger partial charge in [0.2, 0.25) is 0 Å². The highest BCUT2D eigenvalue weighted by Gasteiger charge is 2.15. The molecule has 1 atom stereocenters. The maximum absolute atomic E-state index is 9.91. The van der Waals surface area contributed by atoms with Crippen molar-refractivity contribution in [3.63, 3.8) is 0 Å². The quantitative estimate of drug-likeness (QED) is 0.891. The molecule has 1 unspecified atom stereocenters. The van der Waals surface area contributed by atoms with Gasteiger partial charge >= 0.3 is 0 Å². The lowest BCUT2D eigenvalue weighted by molar-refractivity contribution is 0.00465. The SMILES string of the molecule is Cc1ccc(OCC(O)CN2CCOCC2)cc1.Cl. The molecule has 0 amide bonds. The average Bonchev–Trinajstić information content (AvgIpc) is 2.39. The Morgan fingerprint density at radius 2 is 1.89 bits per heavy atom. The first-order valence-electron chi connectivity index (χ1n) is 6.41. The van der Waals surface area contributed by atoms with Crippen molar-refractivity contribution in [2.75, 3.05) is 39.5 Å². The van der Waals surface area contributed by atoms with Gasteiger partial charge in [0.15, 0.2) is 0 Å². The monoisotopic (exact) mass is 287 g/mol. The third-order valence-electron chi connectivity index (χ3n) is 3.04. The van der Waals surface area contributed by atoms with Gasteiger partial charge in [-0.1, -0.05) is 17.7 Å². The largest absolute Gasteiger partial charge is 0.491 e. The van der Waals surface area contributed by atoms with E-state index >= 15 is 0 Å². The fourth-order valence-corrected chi connectivity index (χ4v) is 1.96. The van der Waals surface area contributed by atoms with Gasteiger partial charge in [-0.15, -0.1) is 12.4 Å². The molecule has 0 aliphatic carbocycles. The minimum absolute atomic E-state index is 0. The molecule has 0 saturated carbocycles. The van der Waals surface area contributed by atoms with Gasteiger partial charge < -0.3 is 14.6 Å². The van der Waals surface area contributed by atoms with E-state index in [1.807, 2.05) is 31.2 Å². The first kappa shape index (κ1) is 16.2. The Balaban J connectivity index is 0.00000180. The number of aliphatic hydroxyl groups is 1. The predicted octanol–water partition coefficient (Wildman–Crippen LogP) is 1.49. The van der Waals surface area contributed by atoms with Crippen LogP contribution in [0.3, 0.4) is 0 Å². The lowest BCUT2D eigenvalue weighted by Gasteiger charge is -2.28. The van der Waals surface area contributed by atoms with Gasteiger partial charge in [-0.25, -0.2) is 0 Å². The van der Waals surface area contributed by atoms with E-state index in [9.17, 15) is 5.11 Å². The number of hydrogen-bond donors (Lipinski definition) is 1. The molecule has 1 saturated heterocycles. The van der Waals surface area contributed by atoms with Crippen molar-refractivity contribution < 1.29 is 14.6 Å². The summed E-state index contributed by atoms with van der Waals surface area (Å²) in [6, 6.07) is 7.86. The van der Waals surface area contributed by atoms with E-state index < -0.39 is 6.10 Å². The van der Waals surface area contributed by atoms with Crippen LogP contribution < -0.4 is 4.74 Å². The van der Waals surface area contributed by atoms with Gasteiger partial charge in [0.1, 0.15) is 18.5 Å². The summed E-state index contributed by atoms with van der Waals surface area (Å²) in [6.45, 7) is 6.31. The number of halogens is 1. The molecule has 1 fully saturated rings. The van der Waals surface area contributed by atoms with Crippen LogP contribution in [0.25, 0.3) is 0 Å². The van der Waals surface area contributed by atoms with E-state index in [1.165, 1.54) is 5.56 Å². The highest BCUT2D eigenvalue weighted by atomic mass is 35.5. The first-order valence-corrected chi connectivity index (χ1v) is 6.41. The van der Waals surface area contributed by atoms with E-state index in [1.54, 1.807) is 0 Å². The number of aliphatic hydroxyl groups excluding tert-OH is 1. The summed E-state index contributed by atoms with van der Waals surface area (Å²) >= 11 is 0. The number of β-amino-alcohol motifs (C(OH)–C–C–N with tert-alkyl or cyclic N) is 1. The van der Waals surface area contributed by atoms with E-state index in [2.05, 4.69) is 4.90 Å². The Morgan fingerprint density at radius 1 is 1.26 bits per heavy atom. The lowest BCUT2D eigenvalue weighted by Crippen LogP contribution is -2.42. The molecule has 5 heteroatoms. The van der Waals surface area contributed by atoms with Crippen molar-refractivity contribution >= 4 is 12.4 Å². The summed E-state index contributed by atoms with van der Waals surface area (Å²) in [7, 11) is 0. The molecule has 1 aliphatic heterocycles. The van der Waals surface area contributed by atoms with Gasteiger partial charge in [0.25, 0.3) is 0 Å². The van der Waals surface area contributed by atoms with Crippen molar-refractivity contribution in [2.45, 2.75) is 13.0 Å². The van der Waals surface area contributed by atoms with Gasteiger partial charge in [0, 0.05) is 19.6 Å². The zero-order valence-electron chi connectivity index (χ0n) is 11.2. The second kappa shape index (κ2) is 8.38. The fourth-order valence-electron chi connectivity index (χ4n) is 1.96. The third-order valence-corrected chi connectivity index (χ3v) is 3.04. The molecule has 0 spiro atoms. The van der Waals surface area contributed by atoms with Crippen LogP contribution in [0.1, 0.15) is 5.56 Å². The van der Waals surface area contributed by atoms with Gasteiger partial charge in [-0.05, 0) is 19.1 Å². The topological polar surface area (TPSA) is 41.9 Å². The molecule has 19 heavy (non-hydrogen) atoms. The third kappa shape index (κ3) is 5.78. The van der Waals surface area contributed by atoms with Crippen molar-refractivity contribution in [2.24, 2.45) is 0 Å². The van der Waals surface area contributed by atoms with E-state index in [-0.39, 0.29) is 12.4 Å². The molecule has 0 bridgehead atoms. The Morgan fingerprint density at radius 3 is 2.53 bits per heavy atom. The summed E-state index contributed by atoms with van der Waals surface area (Å²) in [6.07, 6.45) is -0.454. The molecule has 1 aromatic carbocycles. The molecular formula is C14H22ClNO3. The van der Waals surface area contributed by atoms with Gasteiger partial charge in [-0.2, -0.15) is 0 Å². The maximum atomic E-state index is 9.91. The molecule has 0 radical (unpaired) electrons. The minimum Gasteiger partial charge on any atom is -0.491 e. The number of rotatable bonds is 5.